The van der Waals surface area contributed by atoms with E-state index in [9.17, 15) is 9.59 Å². The summed E-state index contributed by atoms with van der Waals surface area (Å²) in [4.78, 5) is 23.0. The second-order valence-electron chi connectivity index (χ2n) is 4.74. The summed E-state index contributed by atoms with van der Waals surface area (Å²) in [6.07, 6.45) is 0. The lowest BCUT2D eigenvalue weighted by atomic mass is 10.0. The van der Waals surface area contributed by atoms with Gasteiger partial charge in [-0.15, -0.1) is 11.8 Å². The molecule has 0 aromatic heterocycles. The van der Waals surface area contributed by atoms with E-state index in [1.165, 1.54) is 25.8 Å². The topological polar surface area (TPSA) is 75.6 Å². The SMILES string of the molecule is COCC(C)(NC(=O)CSCc1cccc(Cl)c1)C(=O)O. The highest BCUT2D eigenvalue weighted by Crippen LogP contribution is 2.16. The summed E-state index contributed by atoms with van der Waals surface area (Å²) >= 11 is 7.26. The fraction of sp³-hybridized carbons (Fsp3) is 0.429. The number of carboxylic acid groups (broad SMARTS) is 1. The minimum Gasteiger partial charge on any atom is -0.479 e. The van der Waals surface area contributed by atoms with Gasteiger partial charge in [-0.2, -0.15) is 0 Å². The molecular weight excluding hydrogens is 314 g/mol. The Morgan fingerprint density at radius 1 is 1.48 bits per heavy atom. The Kier molecular flexibility index (Phi) is 7.01. The van der Waals surface area contributed by atoms with E-state index >= 15 is 0 Å². The van der Waals surface area contributed by atoms with Crippen molar-refractivity contribution in [3.63, 3.8) is 0 Å². The Morgan fingerprint density at radius 3 is 2.76 bits per heavy atom. The van der Waals surface area contributed by atoms with Crippen molar-refractivity contribution in [3.05, 3.63) is 34.9 Å². The number of carbonyl (C=O) groups is 2. The van der Waals surface area contributed by atoms with E-state index in [4.69, 9.17) is 21.4 Å². The fourth-order valence-electron chi connectivity index (χ4n) is 1.67. The van der Waals surface area contributed by atoms with Crippen LogP contribution in [-0.2, 0) is 20.1 Å². The van der Waals surface area contributed by atoms with E-state index in [1.807, 2.05) is 18.2 Å². The normalized spacial score (nSPS) is 13.5. The Hall–Kier alpha value is -1.24. The predicted octanol–water partition coefficient (Wildman–Crippen LogP) is 2.18. The molecule has 1 unspecified atom stereocenters. The van der Waals surface area contributed by atoms with Gasteiger partial charge in [0.05, 0.1) is 12.4 Å². The first-order valence-electron chi connectivity index (χ1n) is 6.23. The van der Waals surface area contributed by atoms with Crippen molar-refractivity contribution in [2.75, 3.05) is 19.5 Å². The highest BCUT2D eigenvalue weighted by atomic mass is 35.5. The molecule has 2 N–H and O–H groups in total. The van der Waals surface area contributed by atoms with Gasteiger partial charge in [0.25, 0.3) is 0 Å². The van der Waals surface area contributed by atoms with Gasteiger partial charge in [-0.25, -0.2) is 4.79 Å². The van der Waals surface area contributed by atoms with Crippen LogP contribution >= 0.6 is 23.4 Å². The first-order valence-corrected chi connectivity index (χ1v) is 7.76. The van der Waals surface area contributed by atoms with Crippen LogP contribution in [0.4, 0.5) is 0 Å². The van der Waals surface area contributed by atoms with Crippen molar-refractivity contribution in [1.82, 2.24) is 5.32 Å². The number of thioether (sulfide) groups is 1. The average molecular weight is 332 g/mol. The van der Waals surface area contributed by atoms with Gasteiger partial charge in [-0.1, -0.05) is 23.7 Å². The molecule has 0 heterocycles. The number of hydrogen-bond donors (Lipinski definition) is 2. The highest BCUT2D eigenvalue weighted by Gasteiger charge is 2.34. The van der Waals surface area contributed by atoms with E-state index in [1.54, 1.807) is 6.07 Å². The zero-order valence-corrected chi connectivity index (χ0v) is 13.5. The number of methoxy groups -OCH3 is 1. The standard InChI is InChI=1S/C14H18ClNO4S/c1-14(9-20-2,13(18)19)16-12(17)8-21-7-10-4-3-5-11(15)6-10/h3-6H,7-9H2,1-2H3,(H,16,17)(H,18,19). The van der Waals surface area contributed by atoms with Crippen molar-refractivity contribution in [1.29, 1.82) is 0 Å². The monoisotopic (exact) mass is 331 g/mol. The van der Waals surface area contributed by atoms with Crippen molar-refractivity contribution in [3.8, 4) is 0 Å². The lowest BCUT2D eigenvalue weighted by molar-refractivity contribution is -0.148. The first kappa shape index (κ1) is 17.8. The minimum atomic E-state index is -1.41. The van der Waals surface area contributed by atoms with Crippen LogP contribution in [0.2, 0.25) is 5.02 Å². The van der Waals surface area contributed by atoms with Gasteiger partial charge in [0, 0.05) is 17.9 Å². The van der Waals surface area contributed by atoms with Gasteiger partial charge in [0.1, 0.15) is 0 Å². The molecule has 0 aliphatic rings. The molecule has 0 bridgehead atoms. The molecule has 1 aromatic rings. The maximum Gasteiger partial charge on any atom is 0.331 e. The summed E-state index contributed by atoms with van der Waals surface area (Å²) in [5.41, 5.74) is -0.402. The van der Waals surface area contributed by atoms with Crippen molar-refractivity contribution < 1.29 is 19.4 Å². The third-order valence-corrected chi connectivity index (χ3v) is 3.95. The molecule has 7 heteroatoms. The Labute approximate surface area is 133 Å². The number of aliphatic carboxylic acids is 1. The van der Waals surface area contributed by atoms with Crippen LogP contribution in [0.15, 0.2) is 24.3 Å². The quantitative estimate of drug-likeness (QED) is 0.763. The molecule has 116 valence electrons. The second-order valence-corrected chi connectivity index (χ2v) is 6.16. The average Bonchev–Trinajstić information content (AvgIpc) is 2.38. The van der Waals surface area contributed by atoms with Crippen LogP contribution in [-0.4, -0.2) is 42.0 Å². The number of ether oxygens (including phenoxy) is 1. The third kappa shape index (κ3) is 5.95. The number of hydrogen-bond acceptors (Lipinski definition) is 4. The second kappa shape index (κ2) is 8.26. The van der Waals surface area contributed by atoms with Crippen molar-refractivity contribution >= 4 is 35.2 Å². The van der Waals surface area contributed by atoms with Crippen molar-refractivity contribution in [2.45, 2.75) is 18.2 Å². The van der Waals surface area contributed by atoms with Crippen LogP contribution in [0, 0.1) is 0 Å². The molecule has 1 amide bonds. The maximum atomic E-state index is 11.8. The molecule has 0 fully saturated rings. The Bertz CT molecular complexity index is 512. The summed E-state index contributed by atoms with van der Waals surface area (Å²) in [5, 5.41) is 12.3. The number of nitrogens with one attached hydrogen (secondary N) is 1. The molecule has 1 atom stereocenters. The van der Waals surface area contributed by atoms with Crippen LogP contribution in [0.1, 0.15) is 12.5 Å². The molecule has 0 spiro atoms. The molecular formula is C14H18ClNO4S. The number of carboxylic acids is 1. The van der Waals surface area contributed by atoms with E-state index < -0.39 is 11.5 Å². The smallest absolute Gasteiger partial charge is 0.331 e. The Morgan fingerprint density at radius 2 is 2.19 bits per heavy atom. The van der Waals surface area contributed by atoms with Gasteiger partial charge in [0.2, 0.25) is 5.91 Å². The summed E-state index contributed by atoms with van der Waals surface area (Å²) in [7, 11) is 1.39. The molecule has 1 rings (SSSR count). The zero-order chi connectivity index (χ0) is 15.9. The van der Waals surface area contributed by atoms with Crippen LogP contribution < -0.4 is 5.32 Å². The molecule has 0 saturated carbocycles. The number of amides is 1. The summed E-state index contributed by atoms with van der Waals surface area (Å²) in [6, 6.07) is 7.38. The van der Waals surface area contributed by atoms with Gasteiger partial charge < -0.3 is 15.2 Å². The molecule has 0 aliphatic carbocycles. The summed E-state index contributed by atoms with van der Waals surface area (Å²) in [6.45, 7) is 1.32. The molecule has 21 heavy (non-hydrogen) atoms. The molecule has 0 radical (unpaired) electrons. The molecule has 0 saturated heterocycles. The van der Waals surface area contributed by atoms with Gasteiger partial charge in [-0.05, 0) is 24.6 Å². The largest absolute Gasteiger partial charge is 0.479 e. The zero-order valence-electron chi connectivity index (χ0n) is 11.9. The number of carbonyl (C=O) groups excluding carboxylic acids is 1. The highest BCUT2D eigenvalue weighted by molar-refractivity contribution is 7.99. The van der Waals surface area contributed by atoms with E-state index in [-0.39, 0.29) is 18.3 Å². The lowest BCUT2D eigenvalue weighted by Gasteiger charge is -2.25. The van der Waals surface area contributed by atoms with Gasteiger partial charge >= 0.3 is 5.97 Å². The van der Waals surface area contributed by atoms with Crippen LogP contribution in [0.25, 0.3) is 0 Å². The number of benzene rings is 1. The van der Waals surface area contributed by atoms with Crippen molar-refractivity contribution in [2.24, 2.45) is 0 Å². The van der Waals surface area contributed by atoms with E-state index in [0.717, 1.165) is 5.56 Å². The Balaban J connectivity index is 2.45. The van der Waals surface area contributed by atoms with E-state index in [2.05, 4.69) is 5.32 Å². The summed E-state index contributed by atoms with van der Waals surface area (Å²) in [5.74, 6) is -0.678. The molecule has 5 nitrogen and oxygen atoms in total. The van der Waals surface area contributed by atoms with Gasteiger partial charge in [0.15, 0.2) is 5.54 Å². The molecule has 1 aromatic carbocycles. The summed E-state index contributed by atoms with van der Waals surface area (Å²) < 4.78 is 4.84. The fourth-order valence-corrected chi connectivity index (χ4v) is 2.66. The number of halogens is 1. The lowest BCUT2D eigenvalue weighted by Crippen LogP contribution is -2.55. The van der Waals surface area contributed by atoms with E-state index in [0.29, 0.717) is 10.8 Å². The minimum absolute atomic E-state index is 0.0902. The number of rotatable bonds is 8. The van der Waals surface area contributed by atoms with Crippen LogP contribution in [0.3, 0.4) is 0 Å². The maximum absolute atomic E-state index is 11.8. The predicted molar refractivity (Wildman–Crippen MR) is 83.7 cm³/mol. The molecule has 0 aliphatic heterocycles. The third-order valence-electron chi connectivity index (χ3n) is 2.71. The first-order chi connectivity index (χ1) is 9.87. The van der Waals surface area contributed by atoms with Crippen LogP contribution in [0.5, 0.6) is 0 Å². The van der Waals surface area contributed by atoms with Gasteiger partial charge in [-0.3, -0.25) is 4.79 Å².